The van der Waals surface area contributed by atoms with Crippen molar-refractivity contribution < 1.29 is 9.47 Å². The molecule has 0 amide bonds. The van der Waals surface area contributed by atoms with Crippen molar-refractivity contribution >= 4 is 5.96 Å². The van der Waals surface area contributed by atoms with Crippen LogP contribution in [0.1, 0.15) is 33.3 Å². The lowest BCUT2D eigenvalue weighted by Crippen LogP contribution is -2.46. The molecule has 6 nitrogen and oxygen atoms in total. The molecule has 2 heterocycles. The standard InChI is InChI=1S/C19H30N4O2/c1-5-20-19(22-16-11-23(13(2)3)10-14(16)4)21-9-15-7-6-8-17-18(15)25-12-24-17/h6-8,13-14,16H,5,9-12H2,1-4H3,(H2,20,21,22). The molecule has 0 aromatic heterocycles. The Morgan fingerprint density at radius 2 is 2.16 bits per heavy atom. The van der Waals surface area contributed by atoms with Crippen LogP contribution in [0.15, 0.2) is 23.2 Å². The van der Waals surface area contributed by atoms with Crippen LogP contribution in [0.25, 0.3) is 0 Å². The first-order valence-electron chi connectivity index (χ1n) is 9.24. The number of nitrogens with one attached hydrogen (secondary N) is 2. The van der Waals surface area contributed by atoms with E-state index in [1.807, 2.05) is 18.2 Å². The van der Waals surface area contributed by atoms with Crippen molar-refractivity contribution in [1.82, 2.24) is 15.5 Å². The highest BCUT2D eigenvalue weighted by Gasteiger charge is 2.31. The van der Waals surface area contributed by atoms with Gasteiger partial charge in [0.2, 0.25) is 6.79 Å². The van der Waals surface area contributed by atoms with Crippen molar-refractivity contribution in [2.24, 2.45) is 10.9 Å². The van der Waals surface area contributed by atoms with Gasteiger partial charge in [-0.25, -0.2) is 4.99 Å². The van der Waals surface area contributed by atoms with E-state index >= 15 is 0 Å². The van der Waals surface area contributed by atoms with E-state index in [9.17, 15) is 0 Å². The molecule has 0 spiro atoms. The summed E-state index contributed by atoms with van der Waals surface area (Å²) < 4.78 is 11.0. The Morgan fingerprint density at radius 3 is 2.88 bits per heavy atom. The van der Waals surface area contributed by atoms with Crippen LogP contribution in [0, 0.1) is 5.92 Å². The first-order valence-corrected chi connectivity index (χ1v) is 9.24. The summed E-state index contributed by atoms with van der Waals surface area (Å²) in [5.74, 6) is 3.09. The van der Waals surface area contributed by atoms with E-state index < -0.39 is 0 Å². The third-order valence-corrected chi connectivity index (χ3v) is 4.92. The summed E-state index contributed by atoms with van der Waals surface area (Å²) in [5, 5.41) is 6.98. The molecule has 2 N–H and O–H groups in total. The van der Waals surface area contributed by atoms with Crippen LogP contribution in [0.5, 0.6) is 11.5 Å². The minimum atomic E-state index is 0.291. The fraction of sp³-hybridized carbons (Fsp3) is 0.632. The summed E-state index contributed by atoms with van der Waals surface area (Å²) in [4.78, 5) is 7.28. The van der Waals surface area contributed by atoms with Crippen LogP contribution in [0.2, 0.25) is 0 Å². The van der Waals surface area contributed by atoms with Gasteiger partial charge in [0, 0.05) is 37.3 Å². The van der Waals surface area contributed by atoms with Crippen molar-refractivity contribution in [3.63, 3.8) is 0 Å². The summed E-state index contributed by atoms with van der Waals surface area (Å²) >= 11 is 0. The molecule has 0 bridgehead atoms. The van der Waals surface area contributed by atoms with Gasteiger partial charge in [-0.05, 0) is 32.8 Å². The predicted octanol–water partition coefficient (Wildman–Crippen LogP) is 2.20. The van der Waals surface area contributed by atoms with Crippen LogP contribution in [0.4, 0.5) is 0 Å². The number of fused-ring (bicyclic) bond motifs is 1. The SMILES string of the molecule is CCNC(=NCc1cccc2c1OCO2)NC1CN(C(C)C)CC1C. The van der Waals surface area contributed by atoms with E-state index in [-0.39, 0.29) is 0 Å². The average Bonchev–Trinajstić information content (AvgIpc) is 3.20. The van der Waals surface area contributed by atoms with E-state index in [4.69, 9.17) is 14.5 Å². The minimum Gasteiger partial charge on any atom is -0.454 e. The topological polar surface area (TPSA) is 58.1 Å². The molecule has 2 unspecified atom stereocenters. The molecule has 6 heteroatoms. The highest BCUT2D eigenvalue weighted by Crippen LogP contribution is 2.35. The molecule has 25 heavy (non-hydrogen) atoms. The Labute approximate surface area is 150 Å². The Balaban J connectivity index is 1.67. The molecular weight excluding hydrogens is 316 g/mol. The Hall–Kier alpha value is -1.95. The number of aliphatic imine (C=N–C) groups is 1. The molecule has 2 atom stereocenters. The van der Waals surface area contributed by atoms with Crippen molar-refractivity contribution in [2.45, 2.75) is 46.3 Å². The average molecular weight is 346 g/mol. The number of benzene rings is 1. The fourth-order valence-electron chi connectivity index (χ4n) is 3.39. The summed E-state index contributed by atoms with van der Waals surface area (Å²) in [6.07, 6.45) is 0. The smallest absolute Gasteiger partial charge is 0.231 e. The van der Waals surface area contributed by atoms with Gasteiger partial charge in [-0.15, -0.1) is 0 Å². The molecule has 2 aliphatic heterocycles. The summed E-state index contributed by atoms with van der Waals surface area (Å²) in [6.45, 7) is 12.8. The molecule has 1 fully saturated rings. The van der Waals surface area contributed by atoms with Gasteiger partial charge < -0.3 is 20.1 Å². The zero-order valence-corrected chi connectivity index (χ0v) is 15.7. The van der Waals surface area contributed by atoms with Crippen molar-refractivity contribution in [2.75, 3.05) is 26.4 Å². The highest BCUT2D eigenvalue weighted by molar-refractivity contribution is 5.80. The van der Waals surface area contributed by atoms with Gasteiger partial charge in [-0.2, -0.15) is 0 Å². The number of nitrogens with zero attached hydrogens (tertiary/aromatic N) is 2. The molecule has 0 aliphatic carbocycles. The maximum atomic E-state index is 5.57. The summed E-state index contributed by atoms with van der Waals surface area (Å²) in [7, 11) is 0. The maximum Gasteiger partial charge on any atom is 0.231 e. The Kier molecular flexibility index (Phi) is 5.68. The third-order valence-electron chi connectivity index (χ3n) is 4.92. The molecule has 3 rings (SSSR count). The maximum absolute atomic E-state index is 5.57. The lowest BCUT2D eigenvalue weighted by molar-refractivity contribution is 0.173. The van der Waals surface area contributed by atoms with Crippen LogP contribution in [0.3, 0.4) is 0 Å². The lowest BCUT2D eigenvalue weighted by atomic mass is 10.1. The molecule has 1 saturated heterocycles. The lowest BCUT2D eigenvalue weighted by Gasteiger charge is -2.22. The molecule has 0 radical (unpaired) electrons. The molecule has 1 aromatic carbocycles. The zero-order chi connectivity index (χ0) is 17.8. The van der Waals surface area contributed by atoms with E-state index in [2.05, 4.69) is 43.2 Å². The van der Waals surface area contributed by atoms with Gasteiger partial charge in [-0.3, -0.25) is 4.90 Å². The molecular formula is C19H30N4O2. The zero-order valence-electron chi connectivity index (χ0n) is 15.7. The number of hydrogen-bond donors (Lipinski definition) is 2. The number of hydrogen-bond acceptors (Lipinski definition) is 4. The summed E-state index contributed by atoms with van der Waals surface area (Å²) in [6, 6.07) is 6.95. The van der Waals surface area contributed by atoms with Gasteiger partial charge >= 0.3 is 0 Å². The minimum absolute atomic E-state index is 0.291. The number of ether oxygens (including phenoxy) is 2. The summed E-state index contributed by atoms with van der Waals surface area (Å²) in [5.41, 5.74) is 1.05. The second kappa shape index (κ2) is 7.95. The van der Waals surface area contributed by atoms with Crippen molar-refractivity contribution in [1.29, 1.82) is 0 Å². The quantitative estimate of drug-likeness (QED) is 0.632. The Bertz CT molecular complexity index is 617. The highest BCUT2D eigenvalue weighted by atomic mass is 16.7. The monoisotopic (exact) mass is 346 g/mol. The van der Waals surface area contributed by atoms with Gasteiger partial charge in [-0.1, -0.05) is 19.1 Å². The van der Waals surface area contributed by atoms with E-state index in [0.717, 1.165) is 42.7 Å². The second-order valence-corrected chi connectivity index (χ2v) is 7.12. The van der Waals surface area contributed by atoms with E-state index in [0.29, 0.717) is 31.3 Å². The largest absolute Gasteiger partial charge is 0.454 e. The van der Waals surface area contributed by atoms with Crippen molar-refractivity contribution in [3.05, 3.63) is 23.8 Å². The first kappa shape index (κ1) is 17.9. The fourth-order valence-corrected chi connectivity index (χ4v) is 3.39. The van der Waals surface area contributed by atoms with E-state index in [1.165, 1.54) is 0 Å². The second-order valence-electron chi connectivity index (χ2n) is 7.12. The molecule has 138 valence electrons. The number of rotatable bonds is 5. The molecule has 1 aromatic rings. The van der Waals surface area contributed by atoms with Gasteiger partial charge in [0.1, 0.15) is 0 Å². The molecule has 0 saturated carbocycles. The van der Waals surface area contributed by atoms with Crippen LogP contribution < -0.4 is 20.1 Å². The van der Waals surface area contributed by atoms with Gasteiger partial charge in [0.05, 0.1) is 6.54 Å². The number of likely N-dealkylation sites (tertiary alicyclic amines) is 1. The normalized spacial score (nSPS) is 23.3. The number of para-hydroxylation sites is 1. The van der Waals surface area contributed by atoms with Gasteiger partial charge in [0.15, 0.2) is 17.5 Å². The predicted molar refractivity (Wildman–Crippen MR) is 100 cm³/mol. The first-order chi connectivity index (χ1) is 12.1. The number of guanidine groups is 1. The van der Waals surface area contributed by atoms with Crippen LogP contribution in [-0.4, -0.2) is 49.4 Å². The van der Waals surface area contributed by atoms with Crippen molar-refractivity contribution in [3.8, 4) is 11.5 Å². The Morgan fingerprint density at radius 1 is 1.32 bits per heavy atom. The third kappa shape index (κ3) is 4.18. The van der Waals surface area contributed by atoms with Crippen LogP contribution in [-0.2, 0) is 6.54 Å². The van der Waals surface area contributed by atoms with Gasteiger partial charge in [0.25, 0.3) is 0 Å². The van der Waals surface area contributed by atoms with Crippen LogP contribution >= 0.6 is 0 Å². The molecule has 2 aliphatic rings. The van der Waals surface area contributed by atoms with E-state index in [1.54, 1.807) is 0 Å².